The number of alkyl halides is 3. The summed E-state index contributed by atoms with van der Waals surface area (Å²) in [7, 11) is 0. The van der Waals surface area contributed by atoms with Crippen LogP contribution < -0.4 is 5.32 Å². The van der Waals surface area contributed by atoms with E-state index in [1.165, 1.54) is 11.3 Å². The van der Waals surface area contributed by atoms with Crippen LogP contribution >= 0.6 is 38.6 Å². The molecule has 0 unspecified atom stereocenters. The summed E-state index contributed by atoms with van der Waals surface area (Å²) in [6, 6.07) is 1.58. The zero-order valence-electron chi connectivity index (χ0n) is 8.42. The number of thiazole rings is 1. The van der Waals surface area contributed by atoms with Gasteiger partial charge in [-0.2, -0.15) is 13.2 Å². The molecule has 2 aromatic rings. The molecular formula is C9H4BrF3N2OS2. The third-order valence-corrected chi connectivity index (χ3v) is 4.11. The Balaban J connectivity index is 2.10. The van der Waals surface area contributed by atoms with E-state index in [0.717, 1.165) is 20.5 Å². The van der Waals surface area contributed by atoms with E-state index in [4.69, 9.17) is 0 Å². The summed E-state index contributed by atoms with van der Waals surface area (Å²) in [5.41, 5.74) is -0.634. The van der Waals surface area contributed by atoms with Crippen molar-refractivity contribution in [2.24, 2.45) is 0 Å². The SMILES string of the molecule is O=C(Nc1nc(C(F)(F)F)cs1)c1csc(Br)c1. The first kappa shape index (κ1) is 13.5. The van der Waals surface area contributed by atoms with E-state index in [0.29, 0.717) is 5.56 Å². The Labute approximate surface area is 116 Å². The largest absolute Gasteiger partial charge is 0.434 e. The van der Waals surface area contributed by atoms with Gasteiger partial charge < -0.3 is 0 Å². The van der Waals surface area contributed by atoms with Gasteiger partial charge in [0.25, 0.3) is 5.91 Å². The van der Waals surface area contributed by atoms with Crippen molar-refractivity contribution in [3.05, 3.63) is 31.9 Å². The zero-order chi connectivity index (χ0) is 13.3. The quantitative estimate of drug-likeness (QED) is 0.874. The van der Waals surface area contributed by atoms with Crippen LogP contribution in [0.4, 0.5) is 18.3 Å². The second kappa shape index (κ2) is 4.98. The lowest BCUT2D eigenvalue weighted by atomic mass is 10.3. The highest BCUT2D eigenvalue weighted by atomic mass is 79.9. The molecule has 0 aliphatic rings. The molecule has 2 rings (SSSR count). The fourth-order valence-electron chi connectivity index (χ4n) is 1.06. The number of carbonyl (C=O) groups excluding carboxylic acids is 1. The lowest BCUT2D eigenvalue weighted by molar-refractivity contribution is -0.140. The molecule has 0 aliphatic carbocycles. The van der Waals surface area contributed by atoms with Crippen LogP contribution in [0.15, 0.2) is 20.6 Å². The number of thiophene rings is 1. The number of rotatable bonds is 2. The average Bonchev–Trinajstić information content (AvgIpc) is 2.85. The van der Waals surface area contributed by atoms with E-state index in [9.17, 15) is 18.0 Å². The first-order valence-electron chi connectivity index (χ1n) is 4.44. The van der Waals surface area contributed by atoms with Gasteiger partial charge >= 0.3 is 6.18 Å². The highest BCUT2D eigenvalue weighted by molar-refractivity contribution is 9.11. The first-order chi connectivity index (χ1) is 8.36. The van der Waals surface area contributed by atoms with Gasteiger partial charge in [0.1, 0.15) is 0 Å². The fraction of sp³-hybridized carbons (Fsp3) is 0.111. The maximum atomic E-state index is 12.3. The van der Waals surface area contributed by atoms with Gasteiger partial charge in [0.15, 0.2) is 10.8 Å². The second-order valence-corrected chi connectivity index (χ2v) is 6.28. The van der Waals surface area contributed by atoms with Crippen molar-refractivity contribution in [1.82, 2.24) is 4.98 Å². The molecule has 0 fully saturated rings. The summed E-state index contributed by atoms with van der Waals surface area (Å²) >= 11 is 5.24. The molecule has 1 amide bonds. The molecule has 3 nitrogen and oxygen atoms in total. The third-order valence-electron chi connectivity index (χ3n) is 1.84. The number of carbonyl (C=O) groups is 1. The monoisotopic (exact) mass is 356 g/mol. The Morgan fingerprint density at radius 3 is 2.56 bits per heavy atom. The Bertz CT molecular complexity index is 578. The normalized spacial score (nSPS) is 11.6. The van der Waals surface area contributed by atoms with Crippen LogP contribution in [0.2, 0.25) is 0 Å². The lowest BCUT2D eigenvalue weighted by Crippen LogP contribution is -2.11. The Hall–Kier alpha value is -0.930. The van der Waals surface area contributed by atoms with E-state index in [1.807, 2.05) is 0 Å². The predicted octanol–water partition coefficient (Wildman–Crippen LogP) is 4.24. The molecule has 0 bridgehead atoms. The smallest absolute Gasteiger partial charge is 0.298 e. The number of anilines is 1. The van der Waals surface area contributed by atoms with Gasteiger partial charge in [-0.05, 0) is 22.0 Å². The maximum Gasteiger partial charge on any atom is 0.434 e. The van der Waals surface area contributed by atoms with Gasteiger partial charge in [0.2, 0.25) is 0 Å². The number of aromatic nitrogens is 1. The van der Waals surface area contributed by atoms with Gasteiger partial charge in [0.05, 0.1) is 9.35 Å². The molecule has 9 heteroatoms. The van der Waals surface area contributed by atoms with Crippen molar-refractivity contribution >= 4 is 49.6 Å². The summed E-state index contributed by atoms with van der Waals surface area (Å²) in [6.07, 6.45) is -4.50. The van der Waals surface area contributed by atoms with Crippen molar-refractivity contribution in [1.29, 1.82) is 0 Å². The minimum atomic E-state index is -4.50. The van der Waals surface area contributed by atoms with Crippen LogP contribution in [0, 0.1) is 0 Å². The van der Waals surface area contributed by atoms with Gasteiger partial charge in [0, 0.05) is 10.8 Å². The first-order valence-corrected chi connectivity index (χ1v) is 6.99. The average molecular weight is 357 g/mol. The van der Waals surface area contributed by atoms with Crippen molar-refractivity contribution in [2.45, 2.75) is 6.18 Å². The van der Waals surface area contributed by atoms with Crippen molar-refractivity contribution in [2.75, 3.05) is 5.32 Å². The summed E-state index contributed by atoms with van der Waals surface area (Å²) in [4.78, 5) is 15.0. The Morgan fingerprint density at radius 2 is 2.06 bits per heavy atom. The number of amides is 1. The van der Waals surface area contributed by atoms with Crippen LogP contribution in [0.5, 0.6) is 0 Å². The number of nitrogens with one attached hydrogen (secondary N) is 1. The molecule has 0 saturated carbocycles. The molecule has 1 N–H and O–H groups in total. The molecule has 0 aromatic carbocycles. The van der Waals surface area contributed by atoms with Crippen LogP contribution in [0.1, 0.15) is 16.1 Å². The molecule has 0 atom stereocenters. The maximum absolute atomic E-state index is 12.3. The highest BCUT2D eigenvalue weighted by Gasteiger charge is 2.33. The molecule has 2 heterocycles. The van der Waals surface area contributed by atoms with Crippen LogP contribution in [-0.4, -0.2) is 10.9 Å². The standard InChI is InChI=1S/C9H4BrF3N2OS2/c10-6-1-4(2-17-6)7(16)15-8-14-5(3-18-8)9(11,12)13/h1-3H,(H,14,15,16). The summed E-state index contributed by atoms with van der Waals surface area (Å²) in [5.74, 6) is -0.486. The minimum Gasteiger partial charge on any atom is -0.298 e. The molecule has 0 spiro atoms. The molecule has 18 heavy (non-hydrogen) atoms. The van der Waals surface area contributed by atoms with Gasteiger partial charge in [-0.3, -0.25) is 10.1 Å². The summed E-state index contributed by atoms with van der Waals surface area (Å²) in [6.45, 7) is 0. The molecular weight excluding hydrogens is 353 g/mol. The van der Waals surface area contributed by atoms with Crippen molar-refractivity contribution < 1.29 is 18.0 Å². The Kier molecular flexibility index (Phi) is 3.74. The molecule has 0 aliphatic heterocycles. The fourth-order valence-corrected chi connectivity index (χ4v) is 2.91. The molecule has 2 aromatic heterocycles. The van der Waals surface area contributed by atoms with E-state index in [1.54, 1.807) is 11.4 Å². The van der Waals surface area contributed by atoms with E-state index < -0.39 is 17.8 Å². The van der Waals surface area contributed by atoms with Crippen LogP contribution in [-0.2, 0) is 6.18 Å². The van der Waals surface area contributed by atoms with Crippen LogP contribution in [0.25, 0.3) is 0 Å². The van der Waals surface area contributed by atoms with Gasteiger partial charge in [-0.15, -0.1) is 22.7 Å². The highest BCUT2D eigenvalue weighted by Crippen LogP contribution is 2.31. The molecule has 0 saturated heterocycles. The Morgan fingerprint density at radius 1 is 1.33 bits per heavy atom. The number of hydrogen-bond acceptors (Lipinski definition) is 4. The van der Waals surface area contributed by atoms with E-state index >= 15 is 0 Å². The third kappa shape index (κ3) is 3.09. The van der Waals surface area contributed by atoms with Gasteiger partial charge in [-0.1, -0.05) is 0 Å². The van der Waals surface area contributed by atoms with Gasteiger partial charge in [-0.25, -0.2) is 4.98 Å². The number of nitrogens with zero attached hydrogens (tertiary/aromatic N) is 1. The summed E-state index contributed by atoms with van der Waals surface area (Å²) in [5, 5.41) is 4.70. The van der Waals surface area contributed by atoms with Crippen molar-refractivity contribution in [3.63, 3.8) is 0 Å². The topological polar surface area (TPSA) is 42.0 Å². The summed E-state index contributed by atoms with van der Waals surface area (Å²) < 4.78 is 37.6. The van der Waals surface area contributed by atoms with E-state index in [2.05, 4.69) is 26.2 Å². The van der Waals surface area contributed by atoms with Crippen LogP contribution in [0.3, 0.4) is 0 Å². The molecule has 0 radical (unpaired) electrons. The second-order valence-electron chi connectivity index (χ2n) is 3.13. The zero-order valence-corrected chi connectivity index (χ0v) is 11.6. The van der Waals surface area contributed by atoms with E-state index in [-0.39, 0.29) is 5.13 Å². The lowest BCUT2D eigenvalue weighted by Gasteiger charge is -2.00. The van der Waals surface area contributed by atoms with Crippen molar-refractivity contribution in [3.8, 4) is 0 Å². The minimum absolute atomic E-state index is 0.0744. The molecule has 96 valence electrons. The number of hydrogen-bond donors (Lipinski definition) is 1. The number of halogens is 4. The predicted molar refractivity (Wildman–Crippen MR) is 67.1 cm³/mol.